The number of nitrogens with zero attached hydrogens (tertiary/aromatic N) is 1. The number of carbonyl (C=O) groups is 1. The summed E-state index contributed by atoms with van der Waals surface area (Å²) in [4.78, 5) is 20.0. The second-order valence-corrected chi connectivity index (χ2v) is 7.21. The Morgan fingerprint density at radius 1 is 1.08 bits per heavy atom. The van der Waals surface area contributed by atoms with Gasteiger partial charge in [0.25, 0.3) is 0 Å². The second-order valence-electron chi connectivity index (χ2n) is 6.24. The molecule has 0 saturated heterocycles. The van der Waals surface area contributed by atoms with Crippen LogP contribution in [0.4, 0.5) is 0 Å². The smallest absolute Gasteiger partial charge is 0.230 e. The lowest BCUT2D eigenvalue weighted by molar-refractivity contribution is -0.119. The third-order valence-corrected chi connectivity index (χ3v) is 5.23. The van der Waals surface area contributed by atoms with Crippen molar-refractivity contribution in [2.24, 2.45) is 0 Å². The molecule has 0 fully saturated rings. The van der Waals surface area contributed by atoms with Crippen LogP contribution in [0, 0.1) is 0 Å². The number of hydrogen-bond donors (Lipinski definition) is 2. The first kappa shape index (κ1) is 16.7. The molecular formula is C21H19N3OS. The van der Waals surface area contributed by atoms with Gasteiger partial charge in [0.2, 0.25) is 5.91 Å². The van der Waals surface area contributed by atoms with E-state index in [1.165, 1.54) is 22.5 Å². The van der Waals surface area contributed by atoms with Gasteiger partial charge in [-0.15, -0.1) is 0 Å². The van der Waals surface area contributed by atoms with E-state index in [-0.39, 0.29) is 11.9 Å². The zero-order valence-electron chi connectivity index (χ0n) is 14.4. The van der Waals surface area contributed by atoms with Crippen LogP contribution in [0.15, 0.2) is 71.9 Å². The summed E-state index contributed by atoms with van der Waals surface area (Å²) in [6.45, 7) is 2.01. The molecule has 0 unspecified atom stereocenters. The maximum absolute atomic E-state index is 12.3. The Hall–Kier alpha value is -2.79. The minimum Gasteiger partial charge on any atom is -0.349 e. The molecule has 1 amide bonds. The Labute approximate surface area is 156 Å². The number of imidazole rings is 1. The van der Waals surface area contributed by atoms with E-state index in [2.05, 4.69) is 45.6 Å². The summed E-state index contributed by atoms with van der Waals surface area (Å²) in [5, 5.41) is 6.21. The van der Waals surface area contributed by atoms with Gasteiger partial charge in [-0.3, -0.25) is 4.79 Å². The highest BCUT2D eigenvalue weighted by molar-refractivity contribution is 7.99. The van der Waals surface area contributed by atoms with E-state index in [4.69, 9.17) is 0 Å². The fourth-order valence-corrected chi connectivity index (χ4v) is 3.67. The van der Waals surface area contributed by atoms with Gasteiger partial charge in [0, 0.05) is 0 Å². The van der Waals surface area contributed by atoms with Gasteiger partial charge in [0.1, 0.15) is 0 Å². The van der Waals surface area contributed by atoms with Crippen molar-refractivity contribution in [1.82, 2.24) is 15.3 Å². The number of thioether (sulfide) groups is 1. The molecule has 1 aromatic heterocycles. The van der Waals surface area contributed by atoms with Crippen molar-refractivity contribution in [1.29, 1.82) is 0 Å². The van der Waals surface area contributed by atoms with Crippen LogP contribution in [0.3, 0.4) is 0 Å². The van der Waals surface area contributed by atoms with E-state index in [0.29, 0.717) is 5.75 Å². The van der Waals surface area contributed by atoms with E-state index >= 15 is 0 Å². The lowest BCUT2D eigenvalue weighted by atomic mass is 10.0. The summed E-state index contributed by atoms with van der Waals surface area (Å²) in [6, 6.07) is 22.3. The van der Waals surface area contributed by atoms with Crippen LogP contribution >= 0.6 is 11.8 Å². The minimum atomic E-state index is -0.0385. The Morgan fingerprint density at radius 3 is 2.69 bits per heavy atom. The molecule has 0 saturated carbocycles. The summed E-state index contributed by atoms with van der Waals surface area (Å²) in [5.74, 6) is 0.327. The van der Waals surface area contributed by atoms with E-state index in [9.17, 15) is 4.79 Å². The molecule has 0 radical (unpaired) electrons. The molecule has 0 spiro atoms. The van der Waals surface area contributed by atoms with Gasteiger partial charge < -0.3 is 10.3 Å². The zero-order valence-corrected chi connectivity index (χ0v) is 15.2. The molecule has 0 aliphatic rings. The molecule has 0 bridgehead atoms. The highest BCUT2D eigenvalue weighted by Gasteiger charge is 2.12. The number of para-hydroxylation sites is 2. The first-order valence-corrected chi connectivity index (χ1v) is 9.53. The molecule has 2 N–H and O–H groups in total. The van der Waals surface area contributed by atoms with Crippen LogP contribution in [0.1, 0.15) is 18.5 Å². The summed E-state index contributed by atoms with van der Waals surface area (Å²) < 4.78 is 0. The Bertz CT molecular complexity index is 1040. The van der Waals surface area contributed by atoms with Gasteiger partial charge in [0.05, 0.1) is 22.8 Å². The molecule has 0 aliphatic carbocycles. The fraction of sp³-hybridized carbons (Fsp3) is 0.143. The molecule has 130 valence electrons. The van der Waals surface area contributed by atoms with Crippen molar-refractivity contribution in [3.05, 3.63) is 72.3 Å². The van der Waals surface area contributed by atoms with E-state index < -0.39 is 0 Å². The molecule has 4 nitrogen and oxygen atoms in total. The van der Waals surface area contributed by atoms with E-state index in [1.54, 1.807) is 0 Å². The SMILES string of the molecule is C[C@H](NC(=O)CSc1nc2ccccc2[nH]1)c1ccc2ccccc2c1. The lowest BCUT2D eigenvalue weighted by Crippen LogP contribution is -2.28. The number of amides is 1. The third-order valence-electron chi connectivity index (χ3n) is 4.36. The number of fused-ring (bicyclic) bond motifs is 2. The number of nitrogens with one attached hydrogen (secondary N) is 2. The molecule has 1 heterocycles. The quantitative estimate of drug-likeness (QED) is 0.507. The highest BCUT2D eigenvalue weighted by atomic mass is 32.2. The summed E-state index contributed by atoms with van der Waals surface area (Å²) in [6.07, 6.45) is 0. The predicted molar refractivity (Wildman–Crippen MR) is 107 cm³/mol. The molecule has 1 atom stereocenters. The third kappa shape index (κ3) is 3.58. The number of carbonyl (C=O) groups excluding carboxylic acids is 1. The number of benzene rings is 3. The highest BCUT2D eigenvalue weighted by Crippen LogP contribution is 2.22. The first-order chi connectivity index (χ1) is 12.7. The van der Waals surface area contributed by atoms with Crippen LogP contribution in [0.2, 0.25) is 0 Å². The number of H-pyrrole nitrogens is 1. The predicted octanol–water partition coefficient (Wildman–Crippen LogP) is 4.69. The average Bonchev–Trinajstić information content (AvgIpc) is 3.09. The van der Waals surface area contributed by atoms with Gasteiger partial charge in [-0.2, -0.15) is 0 Å². The lowest BCUT2D eigenvalue weighted by Gasteiger charge is -2.14. The van der Waals surface area contributed by atoms with Gasteiger partial charge in [-0.1, -0.05) is 60.3 Å². The molecule has 0 aliphatic heterocycles. The second kappa shape index (κ2) is 7.22. The van der Waals surface area contributed by atoms with Crippen molar-refractivity contribution in [2.75, 3.05) is 5.75 Å². The summed E-state index contributed by atoms with van der Waals surface area (Å²) in [7, 11) is 0. The number of hydrogen-bond acceptors (Lipinski definition) is 3. The van der Waals surface area contributed by atoms with Crippen molar-refractivity contribution >= 4 is 39.5 Å². The molecule has 4 aromatic rings. The zero-order chi connectivity index (χ0) is 17.9. The molecular weight excluding hydrogens is 342 g/mol. The fourth-order valence-electron chi connectivity index (χ4n) is 2.98. The molecule has 4 rings (SSSR count). The van der Waals surface area contributed by atoms with Gasteiger partial charge in [-0.25, -0.2) is 4.98 Å². The normalized spacial score (nSPS) is 12.3. The standard InChI is InChI=1S/C21H19N3OS/c1-14(16-11-10-15-6-2-3-7-17(15)12-16)22-20(25)13-26-21-23-18-8-4-5-9-19(18)24-21/h2-12,14H,13H2,1H3,(H,22,25)(H,23,24)/t14-/m0/s1. The largest absolute Gasteiger partial charge is 0.349 e. The number of aromatic nitrogens is 2. The Morgan fingerprint density at radius 2 is 1.85 bits per heavy atom. The van der Waals surface area contributed by atoms with Gasteiger partial charge in [-0.05, 0) is 41.5 Å². The topological polar surface area (TPSA) is 57.8 Å². The summed E-state index contributed by atoms with van der Waals surface area (Å²) >= 11 is 1.42. The Balaban J connectivity index is 1.38. The minimum absolute atomic E-state index is 0.00360. The van der Waals surface area contributed by atoms with Gasteiger partial charge in [0.15, 0.2) is 5.16 Å². The van der Waals surface area contributed by atoms with Crippen LogP contribution in [-0.4, -0.2) is 21.6 Å². The van der Waals surface area contributed by atoms with E-state index in [0.717, 1.165) is 21.8 Å². The average molecular weight is 361 g/mol. The van der Waals surface area contributed by atoms with Crippen LogP contribution in [0.5, 0.6) is 0 Å². The molecule has 3 aromatic carbocycles. The monoisotopic (exact) mass is 361 g/mol. The maximum Gasteiger partial charge on any atom is 0.230 e. The van der Waals surface area contributed by atoms with E-state index in [1.807, 2.05) is 43.3 Å². The van der Waals surface area contributed by atoms with Gasteiger partial charge >= 0.3 is 0 Å². The van der Waals surface area contributed by atoms with Crippen LogP contribution in [0.25, 0.3) is 21.8 Å². The first-order valence-electron chi connectivity index (χ1n) is 8.55. The molecule has 26 heavy (non-hydrogen) atoms. The summed E-state index contributed by atoms with van der Waals surface area (Å²) in [5.41, 5.74) is 3.01. The number of aromatic amines is 1. The van der Waals surface area contributed by atoms with Crippen molar-refractivity contribution < 1.29 is 4.79 Å². The van der Waals surface area contributed by atoms with Crippen LogP contribution in [-0.2, 0) is 4.79 Å². The molecule has 5 heteroatoms. The Kier molecular flexibility index (Phi) is 4.63. The van der Waals surface area contributed by atoms with Crippen molar-refractivity contribution in [2.45, 2.75) is 18.1 Å². The van der Waals surface area contributed by atoms with Crippen molar-refractivity contribution in [3.63, 3.8) is 0 Å². The maximum atomic E-state index is 12.3. The number of rotatable bonds is 5. The van der Waals surface area contributed by atoms with Crippen LogP contribution < -0.4 is 5.32 Å². The van der Waals surface area contributed by atoms with Crippen molar-refractivity contribution in [3.8, 4) is 0 Å².